The van der Waals surface area contributed by atoms with Gasteiger partial charge in [0.2, 0.25) is 0 Å². The number of amides is 1. The minimum atomic E-state index is -0.639. The smallest absolute Gasteiger partial charge is 0.267 e. The van der Waals surface area contributed by atoms with E-state index in [1.165, 1.54) is 29.3 Å². The van der Waals surface area contributed by atoms with Gasteiger partial charge in [-0.2, -0.15) is 0 Å². The molecule has 1 saturated heterocycles. The summed E-state index contributed by atoms with van der Waals surface area (Å²) >= 11 is 0. The number of ketones is 1. The number of allylic oxidation sites excluding steroid dienone is 1. The summed E-state index contributed by atoms with van der Waals surface area (Å²) in [7, 11) is 0. The highest BCUT2D eigenvalue weighted by atomic mass is 16.5. The standard InChI is InChI=1S/C22H23N3O4/c26-21(10-8-19-2-1-3-20(23-19)9-11-22(27)24-28)18-6-4-17(5-7-18)16-25-12-14-29-15-13-25/h1-11,28H,12-16H2,(H,24,27). The van der Waals surface area contributed by atoms with E-state index in [-0.39, 0.29) is 5.78 Å². The van der Waals surface area contributed by atoms with Crippen LogP contribution in [0.2, 0.25) is 0 Å². The summed E-state index contributed by atoms with van der Waals surface area (Å²) in [5.74, 6) is -0.745. The van der Waals surface area contributed by atoms with Crippen molar-refractivity contribution in [2.45, 2.75) is 6.54 Å². The van der Waals surface area contributed by atoms with Gasteiger partial charge in [0.05, 0.1) is 24.6 Å². The monoisotopic (exact) mass is 393 g/mol. The molecule has 0 radical (unpaired) electrons. The molecule has 0 spiro atoms. The number of hydrogen-bond donors (Lipinski definition) is 2. The highest BCUT2D eigenvalue weighted by molar-refractivity contribution is 6.06. The normalized spacial score (nSPS) is 15.1. The summed E-state index contributed by atoms with van der Waals surface area (Å²) in [6.07, 6.45) is 5.75. The first-order chi connectivity index (χ1) is 14.1. The van der Waals surface area contributed by atoms with Gasteiger partial charge in [-0.1, -0.05) is 30.3 Å². The van der Waals surface area contributed by atoms with Gasteiger partial charge in [-0.3, -0.25) is 19.7 Å². The van der Waals surface area contributed by atoms with E-state index in [9.17, 15) is 9.59 Å². The Bertz CT molecular complexity index is 901. The second kappa shape index (κ2) is 10.4. The molecule has 1 amide bonds. The van der Waals surface area contributed by atoms with Gasteiger partial charge in [-0.05, 0) is 35.9 Å². The summed E-state index contributed by atoms with van der Waals surface area (Å²) in [6, 6.07) is 12.9. The van der Waals surface area contributed by atoms with Crippen LogP contribution in [0.5, 0.6) is 0 Å². The Morgan fingerprint density at radius 2 is 1.69 bits per heavy atom. The van der Waals surface area contributed by atoms with Crippen molar-refractivity contribution in [2.24, 2.45) is 0 Å². The van der Waals surface area contributed by atoms with Gasteiger partial charge in [0.15, 0.2) is 5.78 Å². The molecule has 1 aromatic heterocycles. The lowest BCUT2D eigenvalue weighted by Crippen LogP contribution is -2.35. The van der Waals surface area contributed by atoms with Gasteiger partial charge in [0, 0.05) is 31.3 Å². The van der Waals surface area contributed by atoms with E-state index in [4.69, 9.17) is 9.94 Å². The number of rotatable bonds is 7. The predicted octanol–water partition coefficient (Wildman–Crippen LogP) is 2.33. The predicted molar refractivity (Wildman–Crippen MR) is 109 cm³/mol. The van der Waals surface area contributed by atoms with Crippen LogP contribution in [0.25, 0.3) is 12.2 Å². The van der Waals surface area contributed by atoms with Crippen molar-refractivity contribution in [1.29, 1.82) is 0 Å². The molecule has 7 heteroatoms. The number of carbonyl (C=O) groups is 2. The Balaban J connectivity index is 1.60. The molecule has 1 aliphatic heterocycles. The number of nitrogens with zero attached hydrogens (tertiary/aromatic N) is 2. The Labute approximate surface area is 169 Å². The van der Waals surface area contributed by atoms with E-state index in [1.807, 2.05) is 24.3 Å². The second-order valence-corrected chi connectivity index (χ2v) is 6.58. The number of benzene rings is 1. The first-order valence-electron chi connectivity index (χ1n) is 9.35. The van der Waals surface area contributed by atoms with Crippen LogP contribution in [0.1, 0.15) is 27.3 Å². The molecular weight excluding hydrogens is 370 g/mol. The van der Waals surface area contributed by atoms with Crippen LogP contribution in [0, 0.1) is 0 Å². The Hall–Kier alpha value is -3.13. The van der Waals surface area contributed by atoms with Crippen molar-refractivity contribution in [3.8, 4) is 0 Å². The summed E-state index contributed by atoms with van der Waals surface area (Å²) in [6.45, 7) is 4.24. The van der Waals surface area contributed by atoms with Gasteiger partial charge in [-0.15, -0.1) is 0 Å². The molecule has 7 nitrogen and oxygen atoms in total. The molecule has 1 aromatic carbocycles. The molecule has 3 rings (SSSR count). The number of hydroxylamine groups is 1. The molecule has 0 bridgehead atoms. The number of nitrogens with one attached hydrogen (secondary N) is 1. The number of morpholine rings is 1. The lowest BCUT2D eigenvalue weighted by Gasteiger charge is -2.26. The largest absolute Gasteiger partial charge is 0.379 e. The lowest BCUT2D eigenvalue weighted by atomic mass is 10.1. The van der Waals surface area contributed by atoms with Crippen molar-refractivity contribution in [3.05, 3.63) is 77.1 Å². The van der Waals surface area contributed by atoms with E-state index >= 15 is 0 Å². The zero-order valence-electron chi connectivity index (χ0n) is 16.0. The van der Waals surface area contributed by atoms with Gasteiger partial charge < -0.3 is 4.74 Å². The zero-order valence-corrected chi connectivity index (χ0v) is 16.0. The van der Waals surface area contributed by atoms with E-state index in [1.54, 1.807) is 24.3 Å². The maximum Gasteiger partial charge on any atom is 0.267 e. The van der Waals surface area contributed by atoms with Crippen LogP contribution < -0.4 is 5.48 Å². The van der Waals surface area contributed by atoms with Crippen LogP contribution in [0.4, 0.5) is 0 Å². The first kappa shape index (κ1) is 20.6. The molecule has 0 atom stereocenters. The van der Waals surface area contributed by atoms with Gasteiger partial charge in [0.25, 0.3) is 5.91 Å². The average molecular weight is 393 g/mol. The van der Waals surface area contributed by atoms with E-state index in [2.05, 4.69) is 9.88 Å². The summed E-state index contributed by atoms with van der Waals surface area (Å²) in [5, 5.41) is 8.49. The van der Waals surface area contributed by atoms with E-state index in [0.29, 0.717) is 17.0 Å². The van der Waals surface area contributed by atoms with Crippen LogP contribution >= 0.6 is 0 Å². The molecular formula is C22H23N3O4. The molecule has 2 N–H and O–H groups in total. The van der Waals surface area contributed by atoms with Crippen LogP contribution in [-0.4, -0.2) is 53.1 Å². The molecule has 29 heavy (non-hydrogen) atoms. The minimum absolute atomic E-state index is 0.106. The number of carbonyl (C=O) groups excluding carboxylic acids is 2. The lowest BCUT2D eigenvalue weighted by molar-refractivity contribution is -0.124. The van der Waals surface area contributed by atoms with Gasteiger partial charge in [-0.25, -0.2) is 10.5 Å². The first-order valence-corrected chi connectivity index (χ1v) is 9.35. The van der Waals surface area contributed by atoms with Crippen LogP contribution in [-0.2, 0) is 16.1 Å². The van der Waals surface area contributed by atoms with Crippen molar-refractivity contribution >= 4 is 23.8 Å². The molecule has 1 fully saturated rings. The molecule has 0 unspecified atom stereocenters. The highest BCUT2D eigenvalue weighted by Gasteiger charge is 2.11. The number of ether oxygens (including phenoxy) is 1. The topological polar surface area (TPSA) is 91.8 Å². The fraction of sp³-hybridized carbons (Fsp3) is 0.227. The third kappa shape index (κ3) is 6.46. The fourth-order valence-electron chi connectivity index (χ4n) is 2.90. The Morgan fingerprint density at radius 3 is 2.34 bits per heavy atom. The number of hydrogen-bond acceptors (Lipinski definition) is 6. The third-order valence-corrected chi connectivity index (χ3v) is 4.46. The van der Waals surface area contributed by atoms with Crippen molar-refractivity contribution < 1.29 is 19.5 Å². The number of aromatic nitrogens is 1. The maximum absolute atomic E-state index is 12.4. The summed E-state index contributed by atoms with van der Waals surface area (Å²) in [4.78, 5) is 30.1. The second-order valence-electron chi connectivity index (χ2n) is 6.58. The SMILES string of the molecule is O=C(C=Cc1cccc(C=CC(=O)c2ccc(CN3CCOCC3)cc2)n1)NO. The molecule has 0 aliphatic carbocycles. The summed E-state index contributed by atoms with van der Waals surface area (Å²) in [5.41, 5.74) is 4.42. The highest BCUT2D eigenvalue weighted by Crippen LogP contribution is 2.11. The zero-order chi connectivity index (χ0) is 20.5. The van der Waals surface area contributed by atoms with E-state index in [0.717, 1.165) is 32.8 Å². The molecule has 0 saturated carbocycles. The molecule has 2 aromatic rings. The molecule has 2 heterocycles. The van der Waals surface area contributed by atoms with Gasteiger partial charge in [0.1, 0.15) is 0 Å². The van der Waals surface area contributed by atoms with Gasteiger partial charge >= 0.3 is 0 Å². The number of pyridine rings is 1. The minimum Gasteiger partial charge on any atom is -0.379 e. The Morgan fingerprint density at radius 1 is 1.03 bits per heavy atom. The quantitative estimate of drug-likeness (QED) is 0.325. The van der Waals surface area contributed by atoms with E-state index < -0.39 is 5.91 Å². The Kier molecular flexibility index (Phi) is 7.40. The maximum atomic E-state index is 12.4. The molecule has 150 valence electrons. The fourth-order valence-corrected chi connectivity index (χ4v) is 2.90. The molecule has 1 aliphatic rings. The van der Waals surface area contributed by atoms with Crippen molar-refractivity contribution in [2.75, 3.05) is 26.3 Å². The summed E-state index contributed by atoms with van der Waals surface area (Å²) < 4.78 is 5.36. The van der Waals surface area contributed by atoms with Crippen LogP contribution in [0.3, 0.4) is 0 Å². The van der Waals surface area contributed by atoms with Crippen molar-refractivity contribution in [1.82, 2.24) is 15.4 Å². The van der Waals surface area contributed by atoms with Crippen molar-refractivity contribution in [3.63, 3.8) is 0 Å². The van der Waals surface area contributed by atoms with Crippen LogP contribution in [0.15, 0.2) is 54.6 Å². The average Bonchev–Trinajstić information content (AvgIpc) is 2.77. The third-order valence-electron chi connectivity index (χ3n) is 4.46.